The van der Waals surface area contributed by atoms with Gasteiger partial charge in [0.25, 0.3) is 0 Å². The van der Waals surface area contributed by atoms with Gasteiger partial charge in [0.15, 0.2) is 4.77 Å². The van der Waals surface area contributed by atoms with Crippen LogP contribution in [0.5, 0.6) is 0 Å². The molecule has 1 fully saturated rings. The van der Waals surface area contributed by atoms with Gasteiger partial charge in [0.05, 0.1) is 15.5 Å². The molecular formula is C14H16BrFN2S. The van der Waals surface area contributed by atoms with Gasteiger partial charge in [-0.2, -0.15) is 0 Å². The maximum atomic E-state index is 13.7. The van der Waals surface area contributed by atoms with Crippen molar-refractivity contribution in [2.45, 2.75) is 39.2 Å². The zero-order valence-corrected chi connectivity index (χ0v) is 13.2. The van der Waals surface area contributed by atoms with E-state index in [1.165, 1.54) is 25.7 Å². The second-order valence-corrected chi connectivity index (χ2v) is 7.06. The highest BCUT2D eigenvalue weighted by Crippen LogP contribution is 2.39. The van der Waals surface area contributed by atoms with Crippen LogP contribution in [0.3, 0.4) is 0 Å². The van der Waals surface area contributed by atoms with E-state index in [2.05, 4.69) is 27.8 Å². The number of nitrogens with zero attached hydrogens (tertiary/aromatic N) is 1. The van der Waals surface area contributed by atoms with Crippen molar-refractivity contribution < 1.29 is 4.39 Å². The smallest absolute Gasteiger partial charge is 0.178 e. The Balaban J connectivity index is 2.10. The maximum absolute atomic E-state index is 13.7. The predicted molar refractivity (Wildman–Crippen MR) is 81.4 cm³/mol. The quantitative estimate of drug-likeness (QED) is 0.745. The molecule has 0 bridgehead atoms. The molecule has 19 heavy (non-hydrogen) atoms. The molecule has 102 valence electrons. The maximum Gasteiger partial charge on any atom is 0.178 e. The van der Waals surface area contributed by atoms with Gasteiger partial charge < -0.3 is 9.55 Å². The number of nitrogens with one attached hydrogen (secondary N) is 1. The summed E-state index contributed by atoms with van der Waals surface area (Å²) in [5.74, 6) is -0.244. The Morgan fingerprint density at radius 2 is 2.11 bits per heavy atom. The van der Waals surface area contributed by atoms with Gasteiger partial charge >= 0.3 is 0 Å². The Bertz CT molecular complexity index is 683. The van der Waals surface area contributed by atoms with Gasteiger partial charge in [-0.05, 0) is 52.5 Å². The third-order valence-corrected chi connectivity index (χ3v) is 5.10. The fraction of sp³-hybridized carbons (Fsp3) is 0.500. The molecule has 1 N–H and O–H groups in total. The largest absolute Gasteiger partial charge is 0.331 e. The van der Waals surface area contributed by atoms with Gasteiger partial charge in [0, 0.05) is 12.6 Å². The van der Waals surface area contributed by atoms with E-state index in [0.29, 0.717) is 9.24 Å². The topological polar surface area (TPSA) is 20.7 Å². The summed E-state index contributed by atoms with van der Waals surface area (Å²) in [7, 11) is 0. The number of halogens is 2. The molecule has 3 rings (SSSR count). The van der Waals surface area contributed by atoms with E-state index in [9.17, 15) is 4.39 Å². The minimum Gasteiger partial charge on any atom is -0.331 e. The first kappa shape index (κ1) is 13.3. The normalized spacial score (nSPS) is 18.3. The first-order chi connectivity index (χ1) is 8.98. The second-order valence-electron chi connectivity index (χ2n) is 5.82. The van der Waals surface area contributed by atoms with Crippen molar-refractivity contribution in [1.82, 2.24) is 9.55 Å². The van der Waals surface area contributed by atoms with Crippen LogP contribution >= 0.6 is 28.1 Å². The van der Waals surface area contributed by atoms with E-state index >= 15 is 0 Å². The summed E-state index contributed by atoms with van der Waals surface area (Å²) >= 11 is 8.60. The summed E-state index contributed by atoms with van der Waals surface area (Å²) in [5.41, 5.74) is 2.04. The van der Waals surface area contributed by atoms with Gasteiger partial charge in [-0.3, -0.25) is 0 Å². The van der Waals surface area contributed by atoms with E-state index in [-0.39, 0.29) is 11.2 Å². The SMILES string of the molecule is CC1(Cn2c(=S)[nH]c3cc(Br)c(F)cc32)CCCC1. The predicted octanol–water partition coefficient (Wildman–Crippen LogP) is 5.18. The van der Waals surface area contributed by atoms with Crippen LogP contribution in [-0.2, 0) is 6.54 Å². The van der Waals surface area contributed by atoms with Crippen molar-refractivity contribution in [3.63, 3.8) is 0 Å². The first-order valence-corrected chi connectivity index (χ1v) is 7.76. The lowest BCUT2D eigenvalue weighted by Crippen LogP contribution is -2.19. The summed E-state index contributed by atoms with van der Waals surface area (Å²) in [6.45, 7) is 3.17. The summed E-state index contributed by atoms with van der Waals surface area (Å²) < 4.78 is 16.9. The van der Waals surface area contributed by atoms with Gasteiger partial charge in [-0.25, -0.2) is 4.39 Å². The van der Waals surface area contributed by atoms with Crippen LogP contribution in [0.25, 0.3) is 11.0 Å². The number of imidazole rings is 1. The van der Waals surface area contributed by atoms with Gasteiger partial charge in [0.1, 0.15) is 5.82 Å². The Labute approximate surface area is 125 Å². The van der Waals surface area contributed by atoms with Crippen molar-refractivity contribution >= 4 is 39.2 Å². The van der Waals surface area contributed by atoms with E-state index < -0.39 is 0 Å². The number of H-pyrrole nitrogens is 1. The van der Waals surface area contributed by atoms with Crippen LogP contribution < -0.4 is 0 Å². The fourth-order valence-corrected chi connectivity index (χ4v) is 3.69. The highest BCUT2D eigenvalue weighted by Gasteiger charge is 2.29. The average Bonchev–Trinajstić information content (AvgIpc) is 2.88. The standard InChI is InChI=1S/C14H16BrFN2S/c1-14(4-2-3-5-14)8-18-12-7-10(16)9(15)6-11(12)17-13(18)19/h6-7H,2-5,8H2,1H3,(H,17,19). The number of fused-ring (bicyclic) bond motifs is 1. The lowest BCUT2D eigenvalue weighted by Gasteiger charge is -2.24. The number of rotatable bonds is 2. The molecule has 0 amide bonds. The van der Waals surface area contributed by atoms with Crippen LogP contribution in [0.2, 0.25) is 0 Å². The van der Waals surface area contributed by atoms with Crippen LogP contribution in [0.4, 0.5) is 4.39 Å². The lowest BCUT2D eigenvalue weighted by atomic mass is 9.89. The summed E-state index contributed by atoms with van der Waals surface area (Å²) in [6, 6.07) is 3.32. The third-order valence-electron chi connectivity index (χ3n) is 4.17. The highest BCUT2D eigenvalue weighted by atomic mass is 79.9. The van der Waals surface area contributed by atoms with Crippen LogP contribution in [-0.4, -0.2) is 9.55 Å². The van der Waals surface area contributed by atoms with Gasteiger partial charge in [0.2, 0.25) is 0 Å². The molecule has 1 aromatic heterocycles. The zero-order chi connectivity index (χ0) is 13.6. The van der Waals surface area contributed by atoms with Crippen LogP contribution in [0.1, 0.15) is 32.6 Å². The summed E-state index contributed by atoms with van der Waals surface area (Å²) in [5, 5.41) is 0. The van der Waals surface area contributed by atoms with Gasteiger partial charge in [-0.15, -0.1) is 0 Å². The minimum absolute atomic E-state index is 0.244. The number of hydrogen-bond acceptors (Lipinski definition) is 1. The second kappa shape index (κ2) is 4.70. The molecule has 0 aliphatic heterocycles. The van der Waals surface area contributed by atoms with Gasteiger partial charge in [-0.1, -0.05) is 19.8 Å². The Hall–Kier alpha value is -0.680. The molecule has 0 spiro atoms. The average molecular weight is 343 g/mol. The molecule has 0 atom stereocenters. The van der Waals surface area contributed by atoms with Crippen molar-refractivity contribution in [3.8, 4) is 0 Å². The van der Waals surface area contributed by atoms with E-state index in [1.807, 2.05) is 4.57 Å². The molecule has 0 saturated heterocycles. The number of hydrogen-bond donors (Lipinski definition) is 1. The van der Waals surface area contributed by atoms with Crippen molar-refractivity contribution in [2.24, 2.45) is 5.41 Å². The molecule has 0 radical (unpaired) electrons. The van der Waals surface area contributed by atoms with Crippen molar-refractivity contribution in [3.05, 3.63) is 27.2 Å². The van der Waals surface area contributed by atoms with Crippen LogP contribution in [0.15, 0.2) is 16.6 Å². The first-order valence-electron chi connectivity index (χ1n) is 6.56. The highest BCUT2D eigenvalue weighted by molar-refractivity contribution is 9.10. The van der Waals surface area contributed by atoms with Crippen molar-refractivity contribution in [1.29, 1.82) is 0 Å². The number of aromatic amines is 1. The third kappa shape index (κ3) is 2.38. The summed E-state index contributed by atoms with van der Waals surface area (Å²) in [6.07, 6.45) is 5.01. The van der Waals surface area contributed by atoms with Crippen molar-refractivity contribution in [2.75, 3.05) is 0 Å². The molecular weight excluding hydrogens is 327 g/mol. The lowest BCUT2D eigenvalue weighted by molar-refractivity contribution is 0.284. The monoisotopic (exact) mass is 342 g/mol. The molecule has 1 aliphatic carbocycles. The Kier molecular flexibility index (Phi) is 3.29. The zero-order valence-electron chi connectivity index (χ0n) is 10.8. The Morgan fingerprint density at radius 3 is 2.79 bits per heavy atom. The molecule has 2 aromatic rings. The molecule has 2 nitrogen and oxygen atoms in total. The summed E-state index contributed by atoms with van der Waals surface area (Å²) in [4.78, 5) is 3.17. The molecule has 1 aliphatic rings. The molecule has 1 heterocycles. The molecule has 0 unspecified atom stereocenters. The number of benzene rings is 1. The Morgan fingerprint density at radius 1 is 1.42 bits per heavy atom. The molecule has 5 heteroatoms. The van der Waals surface area contributed by atoms with E-state index in [4.69, 9.17) is 12.2 Å². The number of aromatic nitrogens is 2. The van der Waals surface area contributed by atoms with E-state index in [0.717, 1.165) is 17.6 Å². The minimum atomic E-state index is -0.244. The van der Waals surface area contributed by atoms with E-state index in [1.54, 1.807) is 12.1 Å². The van der Waals surface area contributed by atoms with Crippen LogP contribution in [0, 0.1) is 16.0 Å². The fourth-order valence-electron chi connectivity index (χ4n) is 3.08. The molecule has 1 saturated carbocycles. The molecule has 1 aromatic carbocycles.